The van der Waals surface area contributed by atoms with Gasteiger partial charge in [0.05, 0.1) is 12.2 Å². The molecule has 0 N–H and O–H groups in total. The van der Waals surface area contributed by atoms with Crippen LogP contribution in [0.5, 0.6) is 5.75 Å². The second-order valence-electron chi connectivity index (χ2n) is 7.95. The standard InChI is InChI=1S/C26H35ClO3/c1-4-5-6-7-8-9-18-29-25-16-14-23(15-17-25)22-10-12-24(13-11-22)26(28)30-21(3)19-20(2)27/h10-17,20-21H,4-9,18-19H2,1-3H3/t20-,21-/m0/s1. The fourth-order valence-electron chi connectivity index (χ4n) is 3.37. The first kappa shape index (κ1) is 24.3. The Balaban J connectivity index is 1.81. The summed E-state index contributed by atoms with van der Waals surface area (Å²) in [6.07, 6.45) is 8.01. The molecule has 0 aliphatic heterocycles. The SMILES string of the molecule is CCCCCCCCOc1ccc(-c2ccc(C(=O)O[C@@H](C)C[C@H](C)Cl)cc2)cc1. The first-order valence-corrected chi connectivity index (χ1v) is 11.6. The van der Waals surface area contributed by atoms with E-state index in [0.717, 1.165) is 29.9 Å². The van der Waals surface area contributed by atoms with Gasteiger partial charge in [-0.05, 0) is 55.7 Å². The average Bonchev–Trinajstić information content (AvgIpc) is 2.73. The van der Waals surface area contributed by atoms with Crippen molar-refractivity contribution in [3.8, 4) is 16.9 Å². The molecule has 4 heteroatoms. The van der Waals surface area contributed by atoms with Gasteiger partial charge in [0.25, 0.3) is 0 Å². The van der Waals surface area contributed by atoms with Gasteiger partial charge in [-0.3, -0.25) is 0 Å². The van der Waals surface area contributed by atoms with Gasteiger partial charge in [0, 0.05) is 11.8 Å². The van der Waals surface area contributed by atoms with E-state index in [1.54, 1.807) is 12.1 Å². The molecule has 0 heterocycles. The molecule has 2 aromatic rings. The fourth-order valence-corrected chi connectivity index (χ4v) is 3.62. The van der Waals surface area contributed by atoms with Gasteiger partial charge in [-0.15, -0.1) is 11.6 Å². The van der Waals surface area contributed by atoms with Gasteiger partial charge in [0.1, 0.15) is 11.9 Å². The lowest BCUT2D eigenvalue weighted by Crippen LogP contribution is -2.17. The van der Waals surface area contributed by atoms with Crippen molar-refractivity contribution in [1.29, 1.82) is 0 Å². The summed E-state index contributed by atoms with van der Waals surface area (Å²) in [4.78, 5) is 12.2. The Bertz CT molecular complexity index is 738. The van der Waals surface area contributed by atoms with Crippen molar-refractivity contribution >= 4 is 17.6 Å². The third-order valence-electron chi connectivity index (χ3n) is 5.04. The summed E-state index contributed by atoms with van der Waals surface area (Å²) in [5.74, 6) is 0.583. The van der Waals surface area contributed by atoms with Crippen LogP contribution in [-0.4, -0.2) is 24.1 Å². The maximum Gasteiger partial charge on any atom is 0.338 e. The molecule has 0 aliphatic carbocycles. The fraction of sp³-hybridized carbons (Fsp3) is 0.500. The molecular weight excluding hydrogens is 396 g/mol. The first-order valence-electron chi connectivity index (χ1n) is 11.2. The topological polar surface area (TPSA) is 35.5 Å². The Labute approximate surface area is 186 Å². The smallest absolute Gasteiger partial charge is 0.338 e. The van der Waals surface area contributed by atoms with Gasteiger partial charge < -0.3 is 9.47 Å². The van der Waals surface area contributed by atoms with Crippen LogP contribution in [0.3, 0.4) is 0 Å². The number of alkyl halides is 1. The monoisotopic (exact) mass is 430 g/mol. The molecular formula is C26H35ClO3. The summed E-state index contributed by atoms with van der Waals surface area (Å²) >= 11 is 5.96. The van der Waals surface area contributed by atoms with Crippen molar-refractivity contribution in [2.45, 2.75) is 77.2 Å². The Morgan fingerprint density at radius 2 is 1.43 bits per heavy atom. The highest BCUT2D eigenvalue weighted by molar-refractivity contribution is 6.20. The van der Waals surface area contributed by atoms with Crippen LogP contribution < -0.4 is 4.74 Å². The number of benzene rings is 2. The van der Waals surface area contributed by atoms with E-state index in [1.807, 2.05) is 50.2 Å². The van der Waals surface area contributed by atoms with Gasteiger partial charge in [-0.2, -0.15) is 0 Å². The van der Waals surface area contributed by atoms with Gasteiger partial charge in [0.15, 0.2) is 0 Å². The predicted octanol–water partition coefficient (Wildman–Crippen LogP) is 7.66. The van der Waals surface area contributed by atoms with Crippen LogP contribution in [-0.2, 0) is 4.74 Å². The lowest BCUT2D eigenvalue weighted by atomic mass is 10.0. The first-order chi connectivity index (χ1) is 14.5. The molecule has 0 bridgehead atoms. The third-order valence-corrected chi connectivity index (χ3v) is 5.22. The molecule has 2 aromatic carbocycles. The molecule has 3 nitrogen and oxygen atoms in total. The highest BCUT2D eigenvalue weighted by Gasteiger charge is 2.14. The lowest BCUT2D eigenvalue weighted by Gasteiger charge is -2.14. The minimum Gasteiger partial charge on any atom is -0.494 e. The zero-order chi connectivity index (χ0) is 21.8. The number of halogens is 1. The minimum absolute atomic E-state index is 0.0204. The van der Waals surface area contributed by atoms with Gasteiger partial charge in [-0.1, -0.05) is 63.3 Å². The van der Waals surface area contributed by atoms with Crippen molar-refractivity contribution in [3.05, 3.63) is 54.1 Å². The lowest BCUT2D eigenvalue weighted by molar-refractivity contribution is 0.0325. The van der Waals surface area contributed by atoms with Crippen LogP contribution in [0.15, 0.2) is 48.5 Å². The van der Waals surface area contributed by atoms with E-state index in [9.17, 15) is 4.79 Å². The van der Waals surface area contributed by atoms with Crippen molar-refractivity contribution < 1.29 is 14.3 Å². The molecule has 30 heavy (non-hydrogen) atoms. The highest BCUT2D eigenvalue weighted by Crippen LogP contribution is 2.23. The third kappa shape index (κ3) is 8.79. The molecule has 0 radical (unpaired) electrons. The van der Waals surface area contributed by atoms with Crippen LogP contribution in [0, 0.1) is 0 Å². The number of carbonyl (C=O) groups is 1. The molecule has 0 amide bonds. The summed E-state index contributed by atoms with van der Waals surface area (Å²) in [6.45, 7) is 6.76. The summed E-state index contributed by atoms with van der Waals surface area (Å²) in [7, 11) is 0. The number of carbonyl (C=O) groups excluding carboxylic acids is 1. The zero-order valence-corrected chi connectivity index (χ0v) is 19.3. The summed E-state index contributed by atoms with van der Waals surface area (Å²) in [6, 6.07) is 15.6. The number of hydrogen-bond acceptors (Lipinski definition) is 3. The molecule has 0 aromatic heterocycles. The minimum atomic E-state index is -0.315. The van der Waals surface area contributed by atoms with Crippen molar-refractivity contribution in [1.82, 2.24) is 0 Å². The number of rotatable bonds is 13. The molecule has 0 spiro atoms. The van der Waals surface area contributed by atoms with Crippen LogP contribution in [0.1, 0.15) is 76.1 Å². The highest BCUT2D eigenvalue weighted by atomic mass is 35.5. The van der Waals surface area contributed by atoms with E-state index in [0.29, 0.717) is 12.0 Å². The van der Waals surface area contributed by atoms with Crippen molar-refractivity contribution in [3.63, 3.8) is 0 Å². The van der Waals surface area contributed by atoms with E-state index in [4.69, 9.17) is 21.1 Å². The van der Waals surface area contributed by atoms with Gasteiger partial charge in [0.2, 0.25) is 0 Å². The predicted molar refractivity (Wildman–Crippen MR) is 126 cm³/mol. The van der Waals surface area contributed by atoms with E-state index in [-0.39, 0.29) is 17.5 Å². The van der Waals surface area contributed by atoms with E-state index in [2.05, 4.69) is 6.92 Å². The van der Waals surface area contributed by atoms with Gasteiger partial charge >= 0.3 is 5.97 Å². The second kappa shape index (κ2) is 13.3. The Hall–Kier alpha value is -2.00. The summed E-state index contributed by atoms with van der Waals surface area (Å²) in [5.41, 5.74) is 2.69. The van der Waals surface area contributed by atoms with Crippen molar-refractivity contribution in [2.24, 2.45) is 0 Å². The Kier molecular flexibility index (Phi) is 10.8. The zero-order valence-electron chi connectivity index (χ0n) is 18.5. The maximum absolute atomic E-state index is 12.2. The normalized spacial score (nSPS) is 12.9. The molecule has 0 unspecified atom stereocenters. The largest absolute Gasteiger partial charge is 0.494 e. The second-order valence-corrected chi connectivity index (χ2v) is 8.70. The van der Waals surface area contributed by atoms with Crippen molar-refractivity contribution in [2.75, 3.05) is 6.61 Å². The van der Waals surface area contributed by atoms with E-state index < -0.39 is 0 Å². The average molecular weight is 431 g/mol. The molecule has 2 rings (SSSR count). The Morgan fingerprint density at radius 1 is 0.867 bits per heavy atom. The summed E-state index contributed by atoms with van der Waals surface area (Å²) in [5, 5.41) is -0.0204. The number of hydrogen-bond donors (Lipinski definition) is 0. The molecule has 0 aliphatic rings. The van der Waals surface area contributed by atoms with Crippen LogP contribution >= 0.6 is 11.6 Å². The molecule has 164 valence electrons. The molecule has 2 atom stereocenters. The van der Waals surface area contributed by atoms with Crippen LogP contribution in [0.4, 0.5) is 0 Å². The van der Waals surface area contributed by atoms with Crippen LogP contribution in [0.25, 0.3) is 11.1 Å². The number of esters is 1. The van der Waals surface area contributed by atoms with Gasteiger partial charge in [-0.25, -0.2) is 4.79 Å². The number of unbranched alkanes of at least 4 members (excludes halogenated alkanes) is 5. The van der Waals surface area contributed by atoms with Crippen LogP contribution in [0.2, 0.25) is 0 Å². The van der Waals surface area contributed by atoms with E-state index in [1.165, 1.54) is 32.1 Å². The molecule has 0 fully saturated rings. The summed E-state index contributed by atoms with van der Waals surface area (Å²) < 4.78 is 11.3. The Morgan fingerprint density at radius 3 is 2.03 bits per heavy atom. The molecule has 0 saturated heterocycles. The number of ether oxygens (including phenoxy) is 2. The molecule has 0 saturated carbocycles. The van der Waals surface area contributed by atoms with E-state index >= 15 is 0 Å². The quantitative estimate of drug-likeness (QED) is 0.186. The maximum atomic E-state index is 12.2.